The van der Waals surface area contributed by atoms with E-state index in [2.05, 4.69) is 38.4 Å². The van der Waals surface area contributed by atoms with Gasteiger partial charge >= 0.3 is 29.6 Å². The maximum absolute atomic E-state index is 12.7. The lowest BCUT2D eigenvalue weighted by Crippen LogP contribution is -2.26. The largest absolute Gasteiger partial charge is 0.490 e. The van der Waals surface area contributed by atoms with E-state index >= 15 is 0 Å². The van der Waals surface area contributed by atoms with Gasteiger partial charge in [0.1, 0.15) is 30.3 Å². The number of pyridine rings is 1. The van der Waals surface area contributed by atoms with Gasteiger partial charge in [0.2, 0.25) is 0 Å². The molecule has 4 aromatic rings. The Labute approximate surface area is 292 Å². The molecule has 3 unspecified atom stereocenters. The fourth-order valence-corrected chi connectivity index (χ4v) is 9.20. The number of hydrogen-bond acceptors (Lipinski definition) is 18. The Morgan fingerprint density at radius 2 is 1.84 bits per heavy atom. The predicted octanol–water partition coefficient (Wildman–Crippen LogP) is 3.67. The summed E-state index contributed by atoms with van der Waals surface area (Å²) in [7, 11) is -14.2. The van der Waals surface area contributed by atoms with Gasteiger partial charge in [-0.25, -0.2) is 38.4 Å². The highest BCUT2D eigenvalue weighted by atomic mass is 33.1. The van der Waals surface area contributed by atoms with Gasteiger partial charge in [-0.15, -0.1) is 0 Å². The molecule has 28 heteroatoms. The fraction of sp³-hybridized carbons (Fsp3) is 0.261. The maximum Gasteiger partial charge on any atom is 0.490 e. The molecule has 5 rings (SSSR count). The minimum Gasteiger partial charge on any atom is -0.444 e. The molecule has 0 aliphatic carbocycles. The molecule has 274 valence electrons. The van der Waals surface area contributed by atoms with Crippen LogP contribution in [0.2, 0.25) is 0 Å². The number of aliphatic hydroxyl groups is 1. The lowest BCUT2D eigenvalue weighted by Gasteiger charge is -2.19. The zero-order valence-corrected chi connectivity index (χ0v) is 29.4. The Morgan fingerprint density at radius 1 is 1.06 bits per heavy atom. The molecule has 4 heterocycles. The SMILES string of the molecule is O=C(Nc1ncnc2c1ncn2[C@H]1C[C@@H](O)C(COP(=O)(O)OP(=O)(O)OP(=O)(O)O)O1)OCc1ccc(SSc2ccccn2)cc1[N+](=O)[O-]. The van der Waals surface area contributed by atoms with E-state index in [0.717, 1.165) is 6.33 Å². The average Bonchev–Trinajstić information content (AvgIpc) is 3.64. The van der Waals surface area contributed by atoms with Gasteiger partial charge in [-0.2, -0.15) is 8.62 Å². The number of hydrogen-bond donors (Lipinski definition) is 6. The van der Waals surface area contributed by atoms with Gasteiger partial charge < -0.3 is 34.2 Å². The lowest BCUT2D eigenvalue weighted by molar-refractivity contribution is -0.386. The summed E-state index contributed by atoms with van der Waals surface area (Å²) in [5, 5.41) is 25.3. The molecule has 5 atom stereocenters. The van der Waals surface area contributed by atoms with Crippen LogP contribution in [-0.2, 0) is 42.9 Å². The molecule has 0 spiro atoms. The topological polar surface area (TPSA) is 327 Å². The molecule has 1 fully saturated rings. The van der Waals surface area contributed by atoms with Crippen LogP contribution in [0.3, 0.4) is 0 Å². The van der Waals surface area contributed by atoms with Crippen molar-refractivity contribution in [1.82, 2.24) is 24.5 Å². The van der Waals surface area contributed by atoms with Gasteiger partial charge in [0, 0.05) is 23.6 Å². The van der Waals surface area contributed by atoms with Crippen LogP contribution in [0.5, 0.6) is 0 Å². The van der Waals surface area contributed by atoms with Crippen molar-refractivity contribution in [2.24, 2.45) is 0 Å². The highest BCUT2D eigenvalue weighted by molar-refractivity contribution is 8.76. The second-order valence-electron chi connectivity index (χ2n) is 9.95. The zero-order valence-electron chi connectivity index (χ0n) is 25.1. The van der Waals surface area contributed by atoms with E-state index in [1.807, 2.05) is 6.07 Å². The number of ether oxygens (including phenoxy) is 2. The van der Waals surface area contributed by atoms with Gasteiger partial charge in [0.05, 0.1) is 29.5 Å². The Bertz CT molecular complexity index is 2060. The molecular formula is C23H24N7O16P3S2. The van der Waals surface area contributed by atoms with Crippen molar-refractivity contribution in [3.8, 4) is 0 Å². The van der Waals surface area contributed by atoms with Crippen LogP contribution in [0.15, 0.2) is 65.2 Å². The Hall–Kier alpha value is -3.38. The summed E-state index contributed by atoms with van der Waals surface area (Å²) in [6, 6.07) is 9.82. The van der Waals surface area contributed by atoms with E-state index in [4.69, 9.17) is 19.3 Å². The number of carbonyl (C=O) groups excluding carboxylic acids is 1. The first-order valence-electron chi connectivity index (χ1n) is 13.7. The van der Waals surface area contributed by atoms with Gasteiger partial charge in [-0.1, -0.05) is 16.9 Å². The van der Waals surface area contributed by atoms with Crippen LogP contribution in [0.25, 0.3) is 11.2 Å². The van der Waals surface area contributed by atoms with Crippen LogP contribution >= 0.6 is 45.1 Å². The highest BCUT2D eigenvalue weighted by Gasteiger charge is 2.43. The number of aromatic nitrogens is 5. The van der Waals surface area contributed by atoms with E-state index < -0.39 is 66.1 Å². The summed E-state index contributed by atoms with van der Waals surface area (Å²) in [6.07, 6.45) is -0.942. The molecule has 6 N–H and O–H groups in total. The Kier molecular flexibility index (Phi) is 12.3. The van der Waals surface area contributed by atoms with E-state index in [-0.39, 0.29) is 34.7 Å². The average molecular weight is 812 g/mol. The Morgan fingerprint density at radius 3 is 2.55 bits per heavy atom. The van der Waals surface area contributed by atoms with Gasteiger partial charge in [-0.05, 0) is 35.1 Å². The lowest BCUT2D eigenvalue weighted by atomic mass is 10.2. The molecule has 1 amide bonds. The van der Waals surface area contributed by atoms with E-state index in [0.29, 0.717) is 9.92 Å². The second kappa shape index (κ2) is 16.1. The monoisotopic (exact) mass is 811 g/mol. The van der Waals surface area contributed by atoms with E-state index in [9.17, 15) is 43.5 Å². The predicted molar refractivity (Wildman–Crippen MR) is 173 cm³/mol. The summed E-state index contributed by atoms with van der Waals surface area (Å²) >= 11 is 0. The summed E-state index contributed by atoms with van der Waals surface area (Å²) < 4.78 is 58.4. The molecule has 1 aliphatic heterocycles. The minimum absolute atomic E-state index is 0.0435. The summed E-state index contributed by atoms with van der Waals surface area (Å²) in [5.41, 5.74) is -0.00378. The highest BCUT2D eigenvalue weighted by Crippen LogP contribution is 2.66. The maximum atomic E-state index is 12.7. The minimum atomic E-state index is -5.75. The van der Waals surface area contributed by atoms with E-state index in [1.54, 1.807) is 24.4 Å². The molecule has 0 saturated carbocycles. The van der Waals surface area contributed by atoms with Crippen molar-refractivity contribution in [2.45, 2.75) is 41.4 Å². The number of anilines is 1. The third-order valence-electron chi connectivity index (χ3n) is 6.38. The number of phosphoric acid groups is 3. The Balaban J connectivity index is 1.18. The van der Waals surface area contributed by atoms with Crippen molar-refractivity contribution in [2.75, 3.05) is 11.9 Å². The molecule has 23 nitrogen and oxygen atoms in total. The standard InChI is InChI=1S/C23H24N7O16P3S2/c31-16-8-19(44-17(16)10-43-48(38,39)46-49(40,41)45-47(35,36)37)29-12-27-20-21(25-11-26-22(20)29)28-23(32)42-9-13-4-5-14(7-15(13)30(33)34)50-51-18-3-1-2-6-24-18/h1-7,11-12,16-17,19,31H,8-10H2,(H,38,39)(H,40,41)(H2,35,36,37)(H,25,26,28,32)/t16-,17?,19-/m1/s1. The molecule has 51 heavy (non-hydrogen) atoms. The van der Waals surface area contributed by atoms with Crippen molar-refractivity contribution in [3.63, 3.8) is 0 Å². The number of nitrogens with zero attached hydrogens (tertiary/aromatic N) is 6. The summed E-state index contributed by atoms with van der Waals surface area (Å²) in [5.74, 6) is -0.112. The van der Waals surface area contributed by atoms with Crippen LogP contribution in [-0.4, -0.2) is 79.0 Å². The first-order valence-corrected chi connectivity index (χ1v) is 20.4. The van der Waals surface area contributed by atoms with Crippen LogP contribution in [0, 0.1) is 10.1 Å². The third-order valence-corrected chi connectivity index (χ3v) is 12.5. The first kappa shape index (κ1) is 38.8. The number of imidazole rings is 1. The number of benzene rings is 1. The zero-order chi connectivity index (χ0) is 37.0. The molecule has 1 saturated heterocycles. The quantitative estimate of drug-likeness (QED) is 0.0431. The fourth-order valence-electron chi connectivity index (χ4n) is 4.31. The molecular weight excluding hydrogens is 787 g/mol. The van der Waals surface area contributed by atoms with Crippen molar-refractivity contribution in [3.05, 3.63) is 70.9 Å². The van der Waals surface area contributed by atoms with Crippen molar-refractivity contribution >= 4 is 73.8 Å². The smallest absolute Gasteiger partial charge is 0.444 e. The molecule has 0 bridgehead atoms. The number of nitro benzene ring substituents is 1. The first-order chi connectivity index (χ1) is 24.0. The third kappa shape index (κ3) is 10.8. The molecule has 1 aromatic carbocycles. The number of nitrogens with one attached hydrogen (secondary N) is 1. The van der Waals surface area contributed by atoms with Crippen LogP contribution in [0.1, 0.15) is 18.2 Å². The number of carbonyl (C=O) groups is 1. The molecule has 0 radical (unpaired) electrons. The second-order valence-corrected chi connectivity index (χ2v) is 16.6. The normalized spacial score (nSPS) is 20.1. The number of nitro groups is 1. The molecule has 1 aliphatic rings. The summed E-state index contributed by atoms with van der Waals surface area (Å²) in [6.45, 7) is -1.36. The van der Waals surface area contributed by atoms with Crippen LogP contribution in [0.4, 0.5) is 16.3 Å². The number of fused-ring (bicyclic) bond motifs is 1. The van der Waals surface area contributed by atoms with Gasteiger partial charge in [-0.3, -0.25) is 24.5 Å². The van der Waals surface area contributed by atoms with E-state index in [1.165, 1.54) is 44.6 Å². The van der Waals surface area contributed by atoms with Crippen LogP contribution < -0.4 is 5.32 Å². The number of rotatable bonds is 15. The van der Waals surface area contributed by atoms with Gasteiger partial charge in [0.25, 0.3) is 5.69 Å². The van der Waals surface area contributed by atoms with Crippen molar-refractivity contribution in [1.29, 1.82) is 0 Å². The van der Waals surface area contributed by atoms with Gasteiger partial charge in [0.15, 0.2) is 17.0 Å². The van der Waals surface area contributed by atoms with Crippen molar-refractivity contribution < 1.29 is 70.7 Å². The number of aliphatic hydroxyl groups excluding tert-OH is 1. The summed E-state index contributed by atoms with van der Waals surface area (Å²) in [4.78, 5) is 77.1. The molecule has 3 aromatic heterocycles. The number of phosphoric ester groups is 1. The number of amides is 1.